The van der Waals surface area contributed by atoms with E-state index < -0.39 is 0 Å². The number of hydrogen-bond donors (Lipinski definition) is 1. The van der Waals surface area contributed by atoms with Crippen LogP contribution < -0.4 is 5.32 Å². The van der Waals surface area contributed by atoms with Crippen molar-refractivity contribution in [1.29, 1.82) is 0 Å². The normalized spacial score (nSPS) is 10.7. The van der Waals surface area contributed by atoms with Crippen LogP contribution in [-0.4, -0.2) is 6.34 Å². The maximum Gasteiger partial charge on any atom is 0.0931 e. The lowest BCUT2D eigenvalue weighted by Gasteiger charge is -2.02. The first-order valence-corrected chi connectivity index (χ1v) is 5.81. The van der Waals surface area contributed by atoms with Gasteiger partial charge in [0.15, 0.2) is 0 Å². The number of halogens is 2. The van der Waals surface area contributed by atoms with E-state index in [0.717, 1.165) is 5.69 Å². The Labute approximate surface area is 110 Å². The molecule has 2 aromatic carbocycles. The van der Waals surface area contributed by atoms with Gasteiger partial charge in [-0.05, 0) is 24.3 Å². The molecule has 0 unspecified atom stereocenters. The Bertz CT molecular complexity index is 538. The third-order valence-electron chi connectivity index (χ3n) is 2.15. The van der Waals surface area contributed by atoms with Crippen LogP contribution in [0.2, 0.25) is 10.0 Å². The summed E-state index contributed by atoms with van der Waals surface area (Å²) >= 11 is 12.0. The van der Waals surface area contributed by atoms with Crippen molar-refractivity contribution in [3.63, 3.8) is 0 Å². The third kappa shape index (κ3) is 3.22. The molecule has 0 spiro atoms. The highest BCUT2D eigenvalue weighted by Gasteiger charge is 1.96. The van der Waals surface area contributed by atoms with E-state index in [0.29, 0.717) is 15.7 Å². The molecule has 86 valence electrons. The zero-order chi connectivity index (χ0) is 12.1. The highest BCUT2D eigenvalue weighted by Crippen LogP contribution is 2.24. The molecule has 0 aromatic heterocycles. The van der Waals surface area contributed by atoms with Crippen LogP contribution >= 0.6 is 23.2 Å². The summed E-state index contributed by atoms with van der Waals surface area (Å²) in [5, 5.41) is 4.27. The second-order valence-corrected chi connectivity index (χ2v) is 4.15. The number of aliphatic imine (C=N–C) groups is 1. The van der Waals surface area contributed by atoms with E-state index in [1.807, 2.05) is 42.5 Å². The van der Waals surface area contributed by atoms with Crippen molar-refractivity contribution in [3.05, 3.63) is 58.6 Å². The summed E-state index contributed by atoms with van der Waals surface area (Å²) in [7, 11) is 0. The fourth-order valence-corrected chi connectivity index (χ4v) is 1.68. The quantitative estimate of drug-likeness (QED) is 0.627. The Hall–Kier alpha value is -1.51. The lowest BCUT2D eigenvalue weighted by atomic mass is 10.3. The van der Waals surface area contributed by atoms with Crippen LogP contribution in [-0.2, 0) is 0 Å². The SMILES string of the molecule is Clc1ccccc1/N=C/Nc1ccccc1Cl. The number of anilines is 1. The van der Waals surface area contributed by atoms with Crippen molar-refractivity contribution in [2.24, 2.45) is 4.99 Å². The number of nitrogens with one attached hydrogen (secondary N) is 1. The number of hydrogen-bond acceptors (Lipinski definition) is 1. The topological polar surface area (TPSA) is 24.4 Å². The standard InChI is InChI=1S/C13H10Cl2N2/c14-10-5-1-3-7-12(10)16-9-17-13-8-4-2-6-11(13)15/h1-9H,(H,16,17). The molecule has 0 aliphatic carbocycles. The Balaban J connectivity index is 2.09. The van der Waals surface area contributed by atoms with Crippen LogP contribution in [0.25, 0.3) is 0 Å². The molecule has 0 atom stereocenters. The summed E-state index contributed by atoms with van der Waals surface area (Å²) in [6.45, 7) is 0. The van der Waals surface area contributed by atoms with E-state index >= 15 is 0 Å². The third-order valence-corrected chi connectivity index (χ3v) is 2.80. The number of para-hydroxylation sites is 2. The number of rotatable bonds is 3. The maximum atomic E-state index is 5.99. The Morgan fingerprint density at radius 2 is 1.53 bits per heavy atom. The molecule has 0 bridgehead atoms. The highest BCUT2D eigenvalue weighted by atomic mass is 35.5. The van der Waals surface area contributed by atoms with Gasteiger partial charge < -0.3 is 5.32 Å². The van der Waals surface area contributed by atoms with Gasteiger partial charge in [0.05, 0.1) is 27.8 Å². The summed E-state index contributed by atoms with van der Waals surface area (Å²) in [4.78, 5) is 4.22. The minimum atomic E-state index is 0.615. The first-order valence-electron chi connectivity index (χ1n) is 5.05. The fourth-order valence-electron chi connectivity index (χ4n) is 1.31. The molecule has 0 aliphatic rings. The molecule has 0 aliphatic heterocycles. The molecule has 4 heteroatoms. The molecular weight excluding hydrogens is 255 g/mol. The predicted molar refractivity (Wildman–Crippen MR) is 74.7 cm³/mol. The van der Waals surface area contributed by atoms with Crippen LogP contribution in [0, 0.1) is 0 Å². The highest BCUT2D eigenvalue weighted by molar-refractivity contribution is 6.33. The monoisotopic (exact) mass is 264 g/mol. The molecule has 0 saturated carbocycles. The summed E-state index contributed by atoms with van der Waals surface area (Å²) in [6.07, 6.45) is 1.57. The molecule has 0 amide bonds. The largest absolute Gasteiger partial charge is 0.345 e. The Kier molecular flexibility index (Phi) is 4.02. The average molecular weight is 265 g/mol. The lowest BCUT2D eigenvalue weighted by Crippen LogP contribution is -1.94. The Morgan fingerprint density at radius 1 is 0.882 bits per heavy atom. The molecule has 1 N–H and O–H groups in total. The van der Waals surface area contributed by atoms with Crippen molar-refractivity contribution in [3.8, 4) is 0 Å². The van der Waals surface area contributed by atoms with Crippen molar-refractivity contribution in [1.82, 2.24) is 0 Å². The van der Waals surface area contributed by atoms with Gasteiger partial charge in [0, 0.05) is 0 Å². The molecule has 0 fully saturated rings. The summed E-state index contributed by atoms with van der Waals surface area (Å²) in [6, 6.07) is 14.8. The predicted octanol–water partition coefficient (Wildman–Crippen LogP) is 4.77. The smallest absolute Gasteiger partial charge is 0.0931 e. The summed E-state index contributed by atoms with van der Waals surface area (Å²) in [5.74, 6) is 0. The summed E-state index contributed by atoms with van der Waals surface area (Å²) in [5.41, 5.74) is 1.53. The molecular formula is C13H10Cl2N2. The fraction of sp³-hybridized carbons (Fsp3) is 0. The Morgan fingerprint density at radius 3 is 2.24 bits per heavy atom. The minimum Gasteiger partial charge on any atom is -0.345 e. The molecule has 2 aromatic rings. The molecule has 17 heavy (non-hydrogen) atoms. The van der Waals surface area contributed by atoms with Gasteiger partial charge >= 0.3 is 0 Å². The van der Waals surface area contributed by atoms with Gasteiger partial charge in [-0.1, -0.05) is 47.5 Å². The maximum absolute atomic E-state index is 5.99. The first-order chi connectivity index (χ1) is 8.27. The second kappa shape index (κ2) is 5.71. The van der Waals surface area contributed by atoms with Crippen LogP contribution in [0.15, 0.2) is 53.5 Å². The molecule has 0 saturated heterocycles. The van der Waals surface area contributed by atoms with Crippen LogP contribution in [0.1, 0.15) is 0 Å². The molecule has 0 heterocycles. The van der Waals surface area contributed by atoms with Gasteiger partial charge in [-0.3, -0.25) is 0 Å². The van der Waals surface area contributed by atoms with E-state index in [1.54, 1.807) is 12.4 Å². The van der Waals surface area contributed by atoms with E-state index in [4.69, 9.17) is 23.2 Å². The van der Waals surface area contributed by atoms with Gasteiger partial charge in [-0.15, -0.1) is 0 Å². The number of nitrogens with zero attached hydrogens (tertiary/aromatic N) is 1. The van der Waals surface area contributed by atoms with Gasteiger partial charge in [0.1, 0.15) is 0 Å². The van der Waals surface area contributed by atoms with Crippen LogP contribution in [0.4, 0.5) is 11.4 Å². The van der Waals surface area contributed by atoms with Crippen molar-refractivity contribution in [2.45, 2.75) is 0 Å². The van der Waals surface area contributed by atoms with Crippen molar-refractivity contribution < 1.29 is 0 Å². The second-order valence-electron chi connectivity index (χ2n) is 3.33. The van der Waals surface area contributed by atoms with Gasteiger partial charge in [0.2, 0.25) is 0 Å². The zero-order valence-electron chi connectivity index (χ0n) is 8.90. The summed E-state index contributed by atoms with van der Waals surface area (Å²) < 4.78 is 0. The first kappa shape index (κ1) is 12.0. The van der Waals surface area contributed by atoms with Crippen LogP contribution in [0.3, 0.4) is 0 Å². The average Bonchev–Trinajstić information content (AvgIpc) is 2.34. The minimum absolute atomic E-state index is 0.615. The number of benzene rings is 2. The molecule has 0 radical (unpaired) electrons. The van der Waals surface area contributed by atoms with Crippen LogP contribution in [0.5, 0.6) is 0 Å². The van der Waals surface area contributed by atoms with Crippen molar-refractivity contribution in [2.75, 3.05) is 5.32 Å². The van der Waals surface area contributed by atoms with Crippen molar-refractivity contribution >= 4 is 40.9 Å². The van der Waals surface area contributed by atoms with E-state index in [2.05, 4.69) is 10.3 Å². The van der Waals surface area contributed by atoms with Gasteiger partial charge in [-0.25, -0.2) is 4.99 Å². The zero-order valence-corrected chi connectivity index (χ0v) is 10.4. The van der Waals surface area contributed by atoms with Gasteiger partial charge in [0.25, 0.3) is 0 Å². The molecule has 2 nitrogen and oxygen atoms in total. The van der Waals surface area contributed by atoms with E-state index in [1.165, 1.54) is 0 Å². The lowest BCUT2D eigenvalue weighted by molar-refractivity contribution is 1.52. The molecule has 2 rings (SSSR count). The van der Waals surface area contributed by atoms with E-state index in [-0.39, 0.29) is 0 Å². The van der Waals surface area contributed by atoms with E-state index in [9.17, 15) is 0 Å². The van der Waals surface area contributed by atoms with Gasteiger partial charge in [-0.2, -0.15) is 0 Å².